The summed E-state index contributed by atoms with van der Waals surface area (Å²) in [4.78, 5) is 8.56. The number of carbonyl (C=O) groups is 1. The van der Waals surface area contributed by atoms with E-state index >= 15 is 0 Å². The van der Waals surface area contributed by atoms with Crippen LogP contribution in [0.4, 0.5) is 4.79 Å². The number of hydrogen-bond donors (Lipinski definition) is 2. The Kier molecular flexibility index (Phi) is 2.40. The Balaban J connectivity index is 0.000000157. The summed E-state index contributed by atoms with van der Waals surface area (Å²) in [6.07, 6.45) is 7.29. The van der Waals surface area contributed by atoms with Crippen molar-refractivity contribution in [2.24, 2.45) is 11.3 Å². The Morgan fingerprint density at radius 3 is 2.25 bits per heavy atom. The third kappa shape index (κ3) is 2.26. The third-order valence-electron chi connectivity index (χ3n) is 2.59. The van der Waals surface area contributed by atoms with Crippen molar-refractivity contribution in [2.45, 2.75) is 26.2 Å². The predicted molar refractivity (Wildman–Crippen MR) is 45.2 cm³/mol. The summed E-state index contributed by atoms with van der Waals surface area (Å²) >= 11 is 0. The van der Waals surface area contributed by atoms with Crippen LogP contribution in [-0.4, -0.2) is 16.4 Å². The zero-order chi connectivity index (χ0) is 9.19. The van der Waals surface area contributed by atoms with E-state index in [9.17, 15) is 0 Å². The molecular formula is C9H14O3. The first-order valence-corrected chi connectivity index (χ1v) is 4.13. The van der Waals surface area contributed by atoms with E-state index in [1.165, 1.54) is 19.3 Å². The van der Waals surface area contributed by atoms with E-state index < -0.39 is 6.16 Å². The van der Waals surface area contributed by atoms with E-state index in [0.29, 0.717) is 5.41 Å². The Bertz CT molecular complexity index is 206. The van der Waals surface area contributed by atoms with Gasteiger partial charge in [0.05, 0.1) is 0 Å². The molecule has 2 rings (SSSR count). The standard InChI is InChI=1S/C8H12.CH2O3/c1-8-4-2-7(6-8)3-5-8;2-1(3)4/h2,4,7H,3,5-6H2,1H3;(H2,2,3,4). The third-order valence-corrected chi connectivity index (χ3v) is 2.59. The lowest BCUT2D eigenvalue weighted by Gasteiger charge is -2.14. The highest BCUT2D eigenvalue weighted by Crippen LogP contribution is 2.48. The van der Waals surface area contributed by atoms with Crippen LogP contribution in [0.25, 0.3) is 0 Å². The van der Waals surface area contributed by atoms with Crippen molar-refractivity contribution in [3.8, 4) is 0 Å². The number of allylic oxidation sites excluding steroid dienone is 2. The van der Waals surface area contributed by atoms with Crippen molar-refractivity contribution >= 4 is 6.16 Å². The Morgan fingerprint density at radius 2 is 2.17 bits per heavy atom. The molecule has 3 nitrogen and oxygen atoms in total. The van der Waals surface area contributed by atoms with Gasteiger partial charge in [-0.15, -0.1) is 0 Å². The fourth-order valence-electron chi connectivity index (χ4n) is 2.00. The molecule has 0 amide bonds. The first-order valence-electron chi connectivity index (χ1n) is 4.13. The summed E-state index contributed by atoms with van der Waals surface area (Å²) in [5, 5.41) is 13.9. The summed E-state index contributed by atoms with van der Waals surface area (Å²) in [7, 11) is 0. The van der Waals surface area contributed by atoms with Crippen LogP contribution < -0.4 is 0 Å². The van der Waals surface area contributed by atoms with Gasteiger partial charge in [0.25, 0.3) is 0 Å². The summed E-state index contributed by atoms with van der Waals surface area (Å²) in [6.45, 7) is 2.37. The van der Waals surface area contributed by atoms with Crippen LogP contribution in [0.15, 0.2) is 12.2 Å². The molecule has 12 heavy (non-hydrogen) atoms. The molecule has 1 saturated carbocycles. The van der Waals surface area contributed by atoms with Crippen LogP contribution in [0.1, 0.15) is 26.2 Å². The smallest absolute Gasteiger partial charge is 0.450 e. The van der Waals surface area contributed by atoms with Crippen molar-refractivity contribution in [2.75, 3.05) is 0 Å². The molecule has 2 atom stereocenters. The maximum absolute atomic E-state index is 8.56. The van der Waals surface area contributed by atoms with Crippen molar-refractivity contribution in [1.29, 1.82) is 0 Å². The maximum Gasteiger partial charge on any atom is 0.503 e. The summed E-state index contributed by atoms with van der Waals surface area (Å²) in [6, 6.07) is 0. The quantitative estimate of drug-likeness (QED) is 0.549. The van der Waals surface area contributed by atoms with Crippen molar-refractivity contribution < 1.29 is 15.0 Å². The maximum atomic E-state index is 8.56. The van der Waals surface area contributed by atoms with Crippen LogP contribution >= 0.6 is 0 Å². The molecule has 0 aliphatic heterocycles. The molecular weight excluding hydrogens is 156 g/mol. The van der Waals surface area contributed by atoms with E-state index in [1.54, 1.807) is 0 Å². The second kappa shape index (κ2) is 3.17. The van der Waals surface area contributed by atoms with Gasteiger partial charge in [0.15, 0.2) is 0 Å². The highest BCUT2D eigenvalue weighted by atomic mass is 16.6. The summed E-state index contributed by atoms with van der Waals surface area (Å²) < 4.78 is 0. The largest absolute Gasteiger partial charge is 0.503 e. The molecule has 2 N–H and O–H groups in total. The van der Waals surface area contributed by atoms with Gasteiger partial charge in [0, 0.05) is 0 Å². The molecule has 2 aliphatic carbocycles. The van der Waals surface area contributed by atoms with Crippen LogP contribution in [0.3, 0.4) is 0 Å². The monoisotopic (exact) mass is 170 g/mol. The average molecular weight is 170 g/mol. The van der Waals surface area contributed by atoms with Gasteiger partial charge in [-0.2, -0.15) is 0 Å². The molecule has 2 bridgehead atoms. The lowest BCUT2D eigenvalue weighted by atomic mass is 9.91. The van der Waals surface area contributed by atoms with Crippen LogP contribution in [0.5, 0.6) is 0 Å². The number of hydrogen-bond acceptors (Lipinski definition) is 1. The van der Waals surface area contributed by atoms with Gasteiger partial charge in [0.1, 0.15) is 0 Å². The summed E-state index contributed by atoms with van der Waals surface area (Å²) in [5.41, 5.74) is 0.630. The Morgan fingerprint density at radius 1 is 1.58 bits per heavy atom. The molecule has 0 spiro atoms. The normalized spacial score (nSPS) is 35.9. The highest BCUT2D eigenvalue weighted by molar-refractivity contribution is 5.53. The van der Waals surface area contributed by atoms with Gasteiger partial charge >= 0.3 is 6.16 Å². The fraction of sp³-hybridized carbons (Fsp3) is 0.667. The van der Waals surface area contributed by atoms with Gasteiger partial charge in [-0.05, 0) is 30.6 Å². The minimum Gasteiger partial charge on any atom is -0.450 e. The zero-order valence-electron chi connectivity index (χ0n) is 7.16. The first kappa shape index (κ1) is 9.10. The van der Waals surface area contributed by atoms with Gasteiger partial charge in [-0.1, -0.05) is 19.1 Å². The molecule has 0 saturated heterocycles. The van der Waals surface area contributed by atoms with Gasteiger partial charge in [-0.3, -0.25) is 0 Å². The van der Waals surface area contributed by atoms with E-state index in [4.69, 9.17) is 15.0 Å². The minimum atomic E-state index is -1.83. The van der Waals surface area contributed by atoms with Crippen molar-refractivity contribution in [1.82, 2.24) is 0 Å². The van der Waals surface area contributed by atoms with Crippen LogP contribution in [-0.2, 0) is 0 Å². The van der Waals surface area contributed by atoms with Gasteiger partial charge < -0.3 is 10.2 Å². The van der Waals surface area contributed by atoms with Crippen molar-refractivity contribution in [3.63, 3.8) is 0 Å². The minimum absolute atomic E-state index is 0.630. The zero-order valence-corrected chi connectivity index (χ0v) is 7.16. The number of rotatable bonds is 0. The Labute approximate surface area is 71.7 Å². The second-order valence-electron chi connectivity index (χ2n) is 3.80. The predicted octanol–water partition coefficient (Wildman–Crippen LogP) is 2.58. The topological polar surface area (TPSA) is 57.5 Å². The van der Waals surface area contributed by atoms with Crippen molar-refractivity contribution in [3.05, 3.63) is 12.2 Å². The fourth-order valence-corrected chi connectivity index (χ4v) is 2.00. The Hall–Kier alpha value is -0.990. The molecule has 3 heteroatoms. The molecule has 68 valence electrons. The number of fused-ring (bicyclic) bond motifs is 2. The van der Waals surface area contributed by atoms with Crippen LogP contribution in [0.2, 0.25) is 0 Å². The number of carboxylic acid groups (broad SMARTS) is 2. The van der Waals surface area contributed by atoms with E-state index in [0.717, 1.165) is 5.92 Å². The van der Waals surface area contributed by atoms with Gasteiger partial charge in [0.2, 0.25) is 0 Å². The molecule has 2 unspecified atom stereocenters. The molecule has 1 fully saturated rings. The SMILES string of the molecule is CC12C=CC(CC1)C2.O=C(O)O. The second-order valence-corrected chi connectivity index (χ2v) is 3.80. The molecule has 0 aromatic carbocycles. The van der Waals surface area contributed by atoms with E-state index in [2.05, 4.69) is 19.1 Å². The molecule has 0 heterocycles. The average Bonchev–Trinajstić information content (AvgIpc) is 2.43. The molecule has 0 radical (unpaired) electrons. The van der Waals surface area contributed by atoms with E-state index in [1.807, 2.05) is 0 Å². The lowest BCUT2D eigenvalue weighted by molar-refractivity contribution is 0.137. The van der Waals surface area contributed by atoms with Crippen LogP contribution in [0, 0.1) is 11.3 Å². The highest BCUT2D eigenvalue weighted by Gasteiger charge is 2.36. The molecule has 0 aromatic rings. The van der Waals surface area contributed by atoms with E-state index in [-0.39, 0.29) is 0 Å². The summed E-state index contributed by atoms with van der Waals surface area (Å²) in [5.74, 6) is 0.958. The molecule has 2 aliphatic rings. The lowest BCUT2D eigenvalue weighted by Crippen LogP contribution is -2.02. The van der Waals surface area contributed by atoms with Gasteiger partial charge in [-0.25, -0.2) is 4.79 Å². The molecule has 0 aromatic heterocycles. The first-order chi connectivity index (χ1) is 5.52.